The van der Waals surface area contributed by atoms with Crippen LogP contribution in [0.15, 0.2) is 85.1 Å². The third kappa shape index (κ3) is 3.13. The Hall–Kier alpha value is -3.65. The lowest BCUT2D eigenvalue weighted by Gasteiger charge is -2.06. The molecule has 0 bridgehead atoms. The number of anilines is 1. The van der Waals surface area contributed by atoms with Crippen LogP contribution in [0.3, 0.4) is 0 Å². The molecule has 0 spiro atoms. The molecule has 0 unspecified atom stereocenters. The first-order valence-electron chi connectivity index (χ1n) is 8.63. The molecule has 1 aromatic carbocycles. The Labute approximate surface area is 172 Å². The molecule has 142 valence electrons. The van der Waals surface area contributed by atoms with Gasteiger partial charge in [0.05, 0.1) is 23.5 Å². The lowest BCUT2D eigenvalue weighted by Crippen LogP contribution is -2.13. The maximum absolute atomic E-state index is 12.8. The number of rotatable bonds is 4. The summed E-state index contributed by atoms with van der Waals surface area (Å²) >= 11 is 3.38. The number of carbonyl (C=O) groups is 1. The van der Waals surface area contributed by atoms with Gasteiger partial charge in [0.1, 0.15) is 17.9 Å². The first-order chi connectivity index (χ1) is 14.2. The molecule has 1 N–H and O–H groups in total. The monoisotopic (exact) mass is 449 g/mol. The Morgan fingerprint density at radius 3 is 2.48 bits per heavy atom. The highest BCUT2D eigenvalue weighted by Gasteiger charge is 2.26. The van der Waals surface area contributed by atoms with E-state index in [0.29, 0.717) is 45.3 Å². The fraction of sp³-hybridized carbons (Fsp3) is 0. The minimum absolute atomic E-state index is 0.308. The third-order valence-corrected chi connectivity index (χ3v) is 4.81. The molecule has 0 aliphatic rings. The Balaban J connectivity index is 1.68. The predicted octanol–water partition coefficient (Wildman–Crippen LogP) is 5.76. The number of benzene rings is 1. The van der Waals surface area contributed by atoms with Gasteiger partial charge >= 0.3 is 0 Å². The Kier molecular flexibility index (Phi) is 4.25. The number of halogens is 1. The maximum Gasteiger partial charge on any atom is 0.256 e. The number of amides is 1. The highest BCUT2D eigenvalue weighted by Crippen LogP contribution is 2.42. The molecule has 0 fully saturated rings. The largest absolute Gasteiger partial charge is 0.464 e. The van der Waals surface area contributed by atoms with E-state index in [2.05, 4.69) is 31.2 Å². The highest BCUT2D eigenvalue weighted by molar-refractivity contribution is 9.10. The van der Waals surface area contributed by atoms with Crippen LogP contribution in [0.2, 0.25) is 0 Å². The molecule has 0 aliphatic carbocycles. The van der Waals surface area contributed by atoms with Crippen LogP contribution in [0.25, 0.3) is 33.9 Å². The molecule has 0 aliphatic heterocycles. The van der Waals surface area contributed by atoms with E-state index in [1.165, 1.54) is 6.33 Å². The van der Waals surface area contributed by atoms with Crippen LogP contribution in [0.4, 0.5) is 5.82 Å². The van der Waals surface area contributed by atoms with Gasteiger partial charge in [-0.2, -0.15) is 0 Å². The van der Waals surface area contributed by atoms with Crippen molar-refractivity contribution in [1.82, 2.24) is 9.97 Å². The van der Waals surface area contributed by atoms with Gasteiger partial charge in [0.2, 0.25) is 5.71 Å². The summed E-state index contributed by atoms with van der Waals surface area (Å²) in [6, 6.07) is 14.2. The Morgan fingerprint density at radius 2 is 1.76 bits per heavy atom. The van der Waals surface area contributed by atoms with Crippen molar-refractivity contribution in [3.05, 3.63) is 77.4 Å². The number of nitrogens with one attached hydrogen (secondary N) is 1. The second kappa shape index (κ2) is 7.06. The average molecular weight is 450 g/mol. The SMILES string of the molecule is O=C(Nc1ncnc2oc(-c3ccco3)c(-c3ccco3)c12)c1cccc(Br)c1. The van der Waals surface area contributed by atoms with E-state index >= 15 is 0 Å². The lowest BCUT2D eigenvalue weighted by atomic mass is 10.1. The lowest BCUT2D eigenvalue weighted by molar-refractivity contribution is 0.102. The molecular formula is C21H12BrN3O4. The van der Waals surface area contributed by atoms with Gasteiger partial charge in [0.25, 0.3) is 5.91 Å². The van der Waals surface area contributed by atoms with E-state index in [4.69, 9.17) is 13.3 Å². The number of aromatic nitrogens is 2. The van der Waals surface area contributed by atoms with Gasteiger partial charge in [-0.05, 0) is 42.5 Å². The van der Waals surface area contributed by atoms with Crippen molar-refractivity contribution in [3.8, 4) is 22.8 Å². The van der Waals surface area contributed by atoms with Crippen LogP contribution in [0, 0.1) is 0 Å². The molecule has 0 radical (unpaired) electrons. The van der Waals surface area contributed by atoms with E-state index in [1.54, 1.807) is 55.0 Å². The maximum atomic E-state index is 12.8. The number of hydrogen-bond donors (Lipinski definition) is 1. The summed E-state index contributed by atoms with van der Waals surface area (Å²) < 4.78 is 17.9. The summed E-state index contributed by atoms with van der Waals surface area (Å²) in [5.41, 5.74) is 1.40. The summed E-state index contributed by atoms with van der Waals surface area (Å²) in [5, 5.41) is 3.37. The molecule has 0 saturated carbocycles. The summed E-state index contributed by atoms with van der Waals surface area (Å²) in [6.45, 7) is 0. The van der Waals surface area contributed by atoms with Crippen molar-refractivity contribution in [2.45, 2.75) is 0 Å². The topological polar surface area (TPSA) is 94.3 Å². The quantitative estimate of drug-likeness (QED) is 0.374. The fourth-order valence-corrected chi connectivity index (χ4v) is 3.47. The number of carbonyl (C=O) groups excluding carboxylic acids is 1. The van der Waals surface area contributed by atoms with Gasteiger partial charge in [-0.15, -0.1) is 0 Å². The van der Waals surface area contributed by atoms with Gasteiger partial charge in [-0.1, -0.05) is 22.0 Å². The van der Waals surface area contributed by atoms with Crippen molar-refractivity contribution in [2.24, 2.45) is 0 Å². The van der Waals surface area contributed by atoms with Crippen LogP contribution < -0.4 is 5.32 Å². The summed E-state index contributed by atoms with van der Waals surface area (Å²) in [5.74, 6) is 1.50. The van der Waals surface area contributed by atoms with Crippen LogP contribution in [0.1, 0.15) is 10.4 Å². The molecule has 7 nitrogen and oxygen atoms in total. The van der Waals surface area contributed by atoms with Crippen molar-refractivity contribution in [1.29, 1.82) is 0 Å². The van der Waals surface area contributed by atoms with Crippen molar-refractivity contribution < 1.29 is 18.0 Å². The van der Waals surface area contributed by atoms with E-state index < -0.39 is 0 Å². The van der Waals surface area contributed by atoms with E-state index in [0.717, 1.165) is 4.47 Å². The van der Waals surface area contributed by atoms with E-state index in [9.17, 15) is 4.79 Å². The normalized spacial score (nSPS) is 11.1. The van der Waals surface area contributed by atoms with Gasteiger partial charge in [0.15, 0.2) is 11.5 Å². The van der Waals surface area contributed by atoms with Crippen molar-refractivity contribution >= 4 is 38.8 Å². The van der Waals surface area contributed by atoms with E-state index in [1.807, 2.05) is 6.07 Å². The van der Waals surface area contributed by atoms with Gasteiger partial charge in [-0.25, -0.2) is 9.97 Å². The standard InChI is InChI=1S/C21H12BrN3O4/c22-13-5-1-4-12(10-13)20(26)25-19-17-16(14-6-2-8-27-14)18(15-7-3-9-28-15)29-21(17)24-11-23-19/h1-11H,(H,23,24,25,26). The summed E-state index contributed by atoms with van der Waals surface area (Å²) in [6.07, 6.45) is 4.44. The smallest absolute Gasteiger partial charge is 0.256 e. The second-order valence-electron chi connectivity index (χ2n) is 6.13. The minimum atomic E-state index is -0.308. The zero-order valence-corrected chi connectivity index (χ0v) is 16.3. The van der Waals surface area contributed by atoms with Crippen molar-refractivity contribution in [2.75, 3.05) is 5.32 Å². The second-order valence-corrected chi connectivity index (χ2v) is 7.04. The van der Waals surface area contributed by atoms with Gasteiger partial charge in [0, 0.05) is 10.0 Å². The zero-order valence-electron chi connectivity index (χ0n) is 14.8. The molecule has 1 amide bonds. The number of nitrogens with zero attached hydrogens (tertiary/aromatic N) is 2. The molecule has 8 heteroatoms. The predicted molar refractivity (Wildman–Crippen MR) is 109 cm³/mol. The summed E-state index contributed by atoms with van der Waals surface area (Å²) in [7, 11) is 0. The molecular weight excluding hydrogens is 438 g/mol. The molecule has 29 heavy (non-hydrogen) atoms. The molecule has 5 rings (SSSR count). The molecule has 0 atom stereocenters. The summed E-state index contributed by atoms with van der Waals surface area (Å²) in [4.78, 5) is 21.3. The van der Waals surface area contributed by atoms with Gasteiger partial charge < -0.3 is 18.6 Å². The molecule has 4 heterocycles. The third-order valence-electron chi connectivity index (χ3n) is 4.32. The number of fused-ring (bicyclic) bond motifs is 1. The average Bonchev–Trinajstić information content (AvgIpc) is 3.47. The molecule has 5 aromatic rings. The van der Waals surface area contributed by atoms with Crippen molar-refractivity contribution in [3.63, 3.8) is 0 Å². The minimum Gasteiger partial charge on any atom is -0.464 e. The fourth-order valence-electron chi connectivity index (χ4n) is 3.07. The Morgan fingerprint density at radius 1 is 0.966 bits per heavy atom. The Bertz CT molecular complexity index is 1310. The number of hydrogen-bond acceptors (Lipinski definition) is 6. The first-order valence-corrected chi connectivity index (χ1v) is 9.42. The number of furan rings is 3. The van der Waals surface area contributed by atoms with Crippen LogP contribution >= 0.6 is 15.9 Å². The molecule has 0 saturated heterocycles. The highest BCUT2D eigenvalue weighted by atomic mass is 79.9. The van der Waals surface area contributed by atoms with Crippen LogP contribution in [-0.4, -0.2) is 15.9 Å². The van der Waals surface area contributed by atoms with E-state index in [-0.39, 0.29) is 5.91 Å². The molecule has 4 aromatic heterocycles. The first kappa shape index (κ1) is 17.4. The van der Waals surface area contributed by atoms with Gasteiger partial charge in [-0.3, -0.25) is 4.79 Å². The van der Waals surface area contributed by atoms with Crippen LogP contribution in [-0.2, 0) is 0 Å². The zero-order chi connectivity index (χ0) is 19.8. The van der Waals surface area contributed by atoms with Crippen LogP contribution in [0.5, 0.6) is 0 Å².